The van der Waals surface area contributed by atoms with Gasteiger partial charge in [0, 0.05) is 63.9 Å². The summed E-state index contributed by atoms with van der Waals surface area (Å²) < 4.78 is 26.3. The van der Waals surface area contributed by atoms with E-state index in [9.17, 15) is 9.18 Å². The van der Waals surface area contributed by atoms with E-state index in [1.54, 1.807) is 4.90 Å². The molecule has 0 N–H and O–H groups in total. The fraction of sp³-hybridized carbons (Fsp3) is 0.677. The number of methoxy groups -OCH3 is 1. The van der Waals surface area contributed by atoms with Gasteiger partial charge in [0.25, 0.3) is 11.8 Å². The van der Waals surface area contributed by atoms with Crippen LogP contribution in [0.5, 0.6) is 11.6 Å². The maximum absolute atomic E-state index is 14.3. The Labute approximate surface area is 250 Å². The van der Waals surface area contributed by atoms with E-state index >= 15 is 0 Å². The molecule has 3 heterocycles. The molecule has 42 heavy (non-hydrogen) atoms. The largest absolute Gasteiger partial charge is 0.434 e. The predicted molar refractivity (Wildman–Crippen MR) is 162 cm³/mol. The Bertz CT molecular complexity index is 1200. The summed E-state index contributed by atoms with van der Waals surface area (Å²) in [6.45, 7) is 15.5. The molecule has 2 atom stereocenters. The van der Waals surface area contributed by atoms with Crippen LogP contribution in [0.3, 0.4) is 0 Å². The van der Waals surface area contributed by atoms with E-state index in [2.05, 4.69) is 57.8 Å². The lowest BCUT2D eigenvalue weighted by atomic mass is 9.76. The zero-order valence-electron chi connectivity index (χ0n) is 26.5. The van der Waals surface area contributed by atoms with Gasteiger partial charge in [0.05, 0.1) is 11.7 Å². The second kappa shape index (κ2) is 13.6. The molecule has 1 spiro atoms. The van der Waals surface area contributed by atoms with Crippen molar-refractivity contribution in [3.05, 3.63) is 35.9 Å². The van der Waals surface area contributed by atoms with E-state index in [0.717, 1.165) is 45.6 Å². The van der Waals surface area contributed by atoms with Crippen molar-refractivity contribution in [2.24, 2.45) is 11.3 Å². The molecule has 2 aliphatic rings. The standard InChI is InChI=1S/C31H48FN7O3/c1-9-39(22(4)5)30(40)25-14-23(32)10-11-27(25)42-29-28(33-20-34-35-29)37-13-12-31(17-37)18-38(19-31)26(21(2)3)15-24(41-8)16-36(6)7/h10-11,14,20-22,24,26H,9,12-13,15-19H2,1-8H3. The Morgan fingerprint density at radius 1 is 1.17 bits per heavy atom. The van der Waals surface area contributed by atoms with Gasteiger partial charge in [0.2, 0.25) is 0 Å². The number of carbonyl (C=O) groups is 1. The van der Waals surface area contributed by atoms with Gasteiger partial charge in [0.1, 0.15) is 17.9 Å². The minimum Gasteiger partial charge on any atom is -0.434 e. The topological polar surface area (TPSA) is 87.2 Å². The van der Waals surface area contributed by atoms with Crippen molar-refractivity contribution in [2.45, 2.75) is 65.6 Å². The summed E-state index contributed by atoms with van der Waals surface area (Å²) in [7, 11) is 5.98. The number of ether oxygens (including phenoxy) is 2. The molecule has 1 aromatic carbocycles. The van der Waals surface area contributed by atoms with Gasteiger partial charge in [-0.2, -0.15) is 0 Å². The lowest BCUT2D eigenvalue weighted by Crippen LogP contribution is -2.62. The van der Waals surface area contributed by atoms with Crippen LogP contribution in [-0.2, 0) is 4.74 Å². The summed E-state index contributed by atoms with van der Waals surface area (Å²) >= 11 is 0. The first-order valence-corrected chi connectivity index (χ1v) is 15.1. The van der Waals surface area contributed by atoms with Gasteiger partial charge in [-0.05, 0) is 71.8 Å². The van der Waals surface area contributed by atoms with E-state index in [1.807, 2.05) is 27.9 Å². The highest BCUT2D eigenvalue weighted by Crippen LogP contribution is 2.44. The Morgan fingerprint density at radius 2 is 1.90 bits per heavy atom. The number of nitrogens with zero attached hydrogens (tertiary/aromatic N) is 7. The summed E-state index contributed by atoms with van der Waals surface area (Å²) in [5, 5.41) is 8.20. The van der Waals surface area contributed by atoms with Crippen molar-refractivity contribution in [2.75, 3.05) is 65.4 Å². The van der Waals surface area contributed by atoms with Crippen LogP contribution in [0.2, 0.25) is 0 Å². The first kappa shape index (κ1) is 32.0. The van der Waals surface area contributed by atoms with Gasteiger partial charge >= 0.3 is 0 Å². The number of rotatable bonds is 13. The van der Waals surface area contributed by atoms with Gasteiger partial charge in [0.15, 0.2) is 5.82 Å². The number of amides is 1. The highest BCUT2D eigenvalue weighted by Gasteiger charge is 2.50. The molecule has 2 aromatic rings. The number of carbonyl (C=O) groups excluding carboxylic acids is 1. The zero-order valence-corrected chi connectivity index (χ0v) is 26.5. The Kier molecular flexibility index (Phi) is 10.4. The quantitative estimate of drug-likeness (QED) is 0.344. The molecule has 2 saturated heterocycles. The molecule has 2 aliphatic heterocycles. The fourth-order valence-electron chi connectivity index (χ4n) is 6.49. The highest BCUT2D eigenvalue weighted by molar-refractivity contribution is 5.97. The van der Waals surface area contributed by atoms with Gasteiger partial charge < -0.3 is 24.2 Å². The number of anilines is 1. The summed E-state index contributed by atoms with van der Waals surface area (Å²) in [4.78, 5) is 26.5. The first-order chi connectivity index (χ1) is 20.0. The normalized spacial score (nSPS) is 18.1. The lowest BCUT2D eigenvalue weighted by molar-refractivity contribution is -0.0529. The maximum Gasteiger partial charge on any atom is 0.282 e. The van der Waals surface area contributed by atoms with E-state index in [0.29, 0.717) is 24.3 Å². The van der Waals surface area contributed by atoms with Crippen molar-refractivity contribution in [1.82, 2.24) is 29.9 Å². The molecule has 11 heteroatoms. The van der Waals surface area contributed by atoms with Crippen LogP contribution in [0.4, 0.5) is 10.2 Å². The lowest BCUT2D eigenvalue weighted by Gasteiger charge is -2.53. The number of hydrogen-bond donors (Lipinski definition) is 0. The Balaban J connectivity index is 1.48. The minimum absolute atomic E-state index is 0.0427. The van der Waals surface area contributed by atoms with E-state index in [1.165, 1.54) is 24.5 Å². The van der Waals surface area contributed by atoms with Gasteiger partial charge in [-0.15, -0.1) is 10.2 Å². The second-order valence-electron chi connectivity index (χ2n) is 12.8. The summed E-state index contributed by atoms with van der Waals surface area (Å²) in [5.41, 5.74) is 0.327. The van der Waals surface area contributed by atoms with Crippen LogP contribution < -0.4 is 9.64 Å². The number of likely N-dealkylation sites (tertiary alicyclic amines) is 1. The average Bonchev–Trinajstić information content (AvgIpc) is 3.37. The van der Waals surface area contributed by atoms with Gasteiger partial charge in [-0.3, -0.25) is 9.69 Å². The van der Waals surface area contributed by atoms with Crippen molar-refractivity contribution < 1.29 is 18.7 Å². The molecular weight excluding hydrogens is 537 g/mol. The average molecular weight is 586 g/mol. The van der Waals surface area contributed by atoms with Gasteiger partial charge in [-0.25, -0.2) is 9.37 Å². The van der Waals surface area contributed by atoms with Crippen LogP contribution >= 0.6 is 0 Å². The van der Waals surface area contributed by atoms with Gasteiger partial charge in [-0.1, -0.05) is 13.8 Å². The molecular formula is C31H48FN7O3. The fourth-order valence-corrected chi connectivity index (χ4v) is 6.49. The summed E-state index contributed by atoms with van der Waals surface area (Å²) in [6.07, 6.45) is 3.66. The van der Waals surface area contributed by atoms with Crippen LogP contribution in [0.15, 0.2) is 24.5 Å². The monoisotopic (exact) mass is 585 g/mol. The van der Waals surface area contributed by atoms with Crippen LogP contribution in [-0.4, -0.2) is 114 Å². The maximum atomic E-state index is 14.3. The summed E-state index contributed by atoms with van der Waals surface area (Å²) in [6, 6.07) is 4.39. The third-order valence-corrected chi connectivity index (χ3v) is 8.63. The molecule has 2 fully saturated rings. The molecule has 10 nitrogen and oxygen atoms in total. The molecule has 2 unspecified atom stereocenters. The minimum atomic E-state index is -0.503. The van der Waals surface area contributed by atoms with Crippen molar-refractivity contribution >= 4 is 11.7 Å². The highest BCUT2D eigenvalue weighted by atomic mass is 19.1. The van der Waals surface area contributed by atoms with E-state index in [4.69, 9.17) is 9.47 Å². The number of likely N-dealkylation sites (N-methyl/N-ethyl adjacent to an activating group) is 1. The Hall–Kier alpha value is -2.89. The number of halogens is 1. The van der Waals surface area contributed by atoms with Crippen molar-refractivity contribution in [3.63, 3.8) is 0 Å². The van der Waals surface area contributed by atoms with Crippen LogP contribution in [0.1, 0.15) is 57.8 Å². The van der Waals surface area contributed by atoms with Crippen molar-refractivity contribution in [1.29, 1.82) is 0 Å². The molecule has 0 bridgehead atoms. The molecule has 0 aliphatic carbocycles. The zero-order chi connectivity index (χ0) is 30.6. The third-order valence-electron chi connectivity index (χ3n) is 8.63. The van der Waals surface area contributed by atoms with E-state index in [-0.39, 0.29) is 40.7 Å². The first-order valence-electron chi connectivity index (χ1n) is 15.1. The molecule has 4 rings (SSSR count). The second-order valence-corrected chi connectivity index (χ2v) is 12.8. The Morgan fingerprint density at radius 3 is 2.52 bits per heavy atom. The van der Waals surface area contributed by atoms with E-state index < -0.39 is 5.82 Å². The number of hydrogen-bond acceptors (Lipinski definition) is 9. The number of benzene rings is 1. The third kappa shape index (κ3) is 7.18. The van der Waals surface area contributed by atoms with Crippen molar-refractivity contribution in [3.8, 4) is 11.6 Å². The van der Waals surface area contributed by atoms with Crippen LogP contribution in [0.25, 0.3) is 0 Å². The molecule has 0 radical (unpaired) electrons. The molecule has 1 aromatic heterocycles. The molecule has 0 saturated carbocycles. The molecule has 1 amide bonds. The van der Waals surface area contributed by atoms with Crippen LogP contribution in [0, 0.1) is 17.2 Å². The molecule has 232 valence electrons. The number of aromatic nitrogens is 3. The SMILES string of the molecule is CCN(C(=O)c1cc(F)ccc1Oc1nncnc1N1CCC2(C1)CN(C(CC(CN(C)C)OC)C(C)C)C2)C(C)C. The predicted octanol–water partition coefficient (Wildman–Crippen LogP) is 4.18. The smallest absolute Gasteiger partial charge is 0.282 e. The summed E-state index contributed by atoms with van der Waals surface area (Å²) in [5.74, 6) is 0.764.